The molecule has 4 aromatic carbocycles. The van der Waals surface area contributed by atoms with Gasteiger partial charge in [-0.05, 0) is 65.1 Å². The molecule has 0 spiro atoms. The molecule has 1 N–H and O–H groups in total. The number of carbonyl (C=O) groups excluding carboxylic acids is 2. The second-order valence-corrected chi connectivity index (χ2v) is 9.72. The number of hydrogen-bond donors (Lipinski definition) is 1. The summed E-state index contributed by atoms with van der Waals surface area (Å²) in [6.45, 7) is 0.487. The van der Waals surface area contributed by atoms with Gasteiger partial charge in [-0.15, -0.1) is 0 Å². The number of ether oxygens (including phenoxy) is 3. The van der Waals surface area contributed by atoms with Crippen molar-refractivity contribution in [1.82, 2.24) is 10.2 Å². The lowest BCUT2D eigenvalue weighted by Crippen LogP contribution is -2.44. The Morgan fingerprint density at radius 1 is 0.762 bits per heavy atom. The highest BCUT2D eigenvalue weighted by Gasteiger charge is 2.31. The predicted octanol–water partition coefficient (Wildman–Crippen LogP) is 5.52. The van der Waals surface area contributed by atoms with E-state index in [4.69, 9.17) is 14.2 Å². The summed E-state index contributed by atoms with van der Waals surface area (Å²) in [6.07, 6.45) is 0.624. The van der Waals surface area contributed by atoms with Crippen molar-refractivity contribution < 1.29 is 28.2 Å². The molecule has 8 heteroatoms. The Morgan fingerprint density at radius 2 is 1.40 bits per heavy atom. The molecule has 0 fully saturated rings. The molecule has 0 aromatic heterocycles. The Kier molecular flexibility index (Phi) is 10.5. The highest BCUT2D eigenvalue weighted by molar-refractivity contribution is 5.89. The lowest BCUT2D eigenvalue weighted by Gasteiger charge is -2.32. The summed E-state index contributed by atoms with van der Waals surface area (Å²) in [6, 6.07) is 27.1. The monoisotopic (exact) mass is 570 g/mol. The van der Waals surface area contributed by atoms with Gasteiger partial charge in [-0.3, -0.25) is 9.59 Å². The summed E-state index contributed by atoms with van der Waals surface area (Å²) in [4.78, 5) is 29.4. The zero-order valence-electron chi connectivity index (χ0n) is 24.0. The Bertz CT molecular complexity index is 1460. The molecule has 0 radical (unpaired) electrons. The number of amides is 2. The van der Waals surface area contributed by atoms with Crippen LogP contribution in [-0.2, 0) is 29.0 Å². The Hall–Kier alpha value is -4.85. The molecule has 0 saturated heterocycles. The zero-order valence-corrected chi connectivity index (χ0v) is 24.0. The minimum absolute atomic E-state index is 0.0179. The van der Waals surface area contributed by atoms with Gasteiger partial charge < -0.3 is 24.4 Å². The summed E-state index contributed by atoms with van der Waals surface area (Å²) in [5.41, 5.74) is 3.11. The van der Waals surface area contributed by atoms with E-state index < -0.39 is 6.04 Å². The fourth-order valence-electron chi connectivity index (χ4n) is 4.70. The third-order valence-electron chi connectivity index (χ3n) is 6.94. The lowest BCUT2D eigenvalue weighted by molar-refractivity contribution is -0.141. The molecule has 42 heavy (non-hydrogen) atoms. The molecule has 0 saturated carbocycles. The summed E-state index contributed by atoms with van der Waals surface area (Å²) in [7, 11) is 4.69. The van der Waals surface area contributed by atoms with Crippen LogP contribution in [0.3, 0.4) is 0 Å². The summed E-state index contributed by atoms with van der Waals surface area (Å²) in [5.74, 6) is 0.858. The number of methoxy groups -OCH3 is 3. The molecule has 0 bridgehead atoms. The third-order valence-corrected chi connectivity index (χ3v) is 6.94. The topological polar surface area (TPSA) is 77.1 Å². The average Bonchev–Trinajstić information content (AvgIpc) is 3.02. The Balaban J connectivity index is 1.62. The smallest absolute Gasteiger partial charge is 0.247 e. The van der Waals surface area contributed by atoms with Gasteiger partial charge in [0.05, 0.1) is 27.8 Å². The van der Waals surface area contributed by atoms with Crippen LogP contribution < -0.4 is 19.5 Å². The van der Waals surface area contributed by atoms with Crippen LogP contribution in [-0.4, -0.2) is 44.6 Å². The number of hydrogen-bond acceptors (Lipinski definition) is 5. The molecule has 0 heterocycles. The van der Waals surface area contributed by atoms with E-state index in [-0.39, 0.29) is 30.6 Å². The van der Waals surface area contributed by atoms with E-state index in [1.807, 2.05) is 54.6 Å². The van der Waals surface area contributed by atoms with Gasteiger partial charge in [0.25, 0.3) is 0 Å². The van der Waals surface area contributed by atoms with E-state index in [1.165, 1.54) is 19.2 Å². The minimum Gasteiger partial charge on any atom is -0.497 e. The maximum Gasteiger partial charge on any atom is 0.247 e. The first-order valence-corrected chi connectivity index (χ1v) is 13.6. The van der Waals surface area contributed by atoms with Gasteiger partial charge >= 0.3 is 0 Å². The minimum atomic E-state index is -0.917. The van der Waals surface area contributed by atoms with Crippen LogP contribution in [0.4, 0.5) is 4.39 Å². The fraction of sp³-hybridized carbons (Fsp3) is 0.235. The first-order chi connectivity index (χ1) is 20.4. The van der Waals surface area contributed by atoms with Crippen molar-refractivity contribution in [3.8, 4) is 17.2 Å². The standard InChI is InChI=1S/C34H35FN2O5/c1-40-29-16-11-24(12-17-29)19-20-36-34(39)33(27-7-5-4-6-8-27)37(23-25-9-14-28(35)15-10-25)32(38)22-26-13-18-30(41-2)31(21-26)42-3/h4-18,21,33H,19-20,22-23H2,1-3H3,(H,36,39). The van der Waals surface area contributed by atoms with E-state index >= 15 is 0 Å². The van der Waals surface area contributed by atoms with E-state index in [0.29, 0.717) is 41.2 Å². The van der Waals surface area contributed by atoms with Crippen LogP contribution in [0.5, 0.6) is 17.2 Å². The van der Waals surface area contributed by atoms with Crippen molar-refractivity contribution in [3.63, 3.8) is 0 Å². The predicted molar refractivity (Wildman–Crippen MR) is 159 cm³/mol. The first-order valence-electron chi connectivity index (χ1n) is 13.6. The van der Waals surface area contributed by atoms with E-state index in [2.05, 4.69) is 5.32 Å². The van der Waals surface area contributed by atoms with Gasteiger partial charge in [0, 0.05) is 13.1 Å². The molecule has 218 valence electrons. The first kappa shape index (κ1) is 30.1. The van der Waals surface area contributed by atoms with Crippen LogP contribution in [0.2, 0.25) is 0 Å². The Morgan fingerprint density at radius 3 is 2.05 bits per heavy atom. The van der Waals surface area contributed by atoms with Crippen molar-refractivity contribution in [2.75, 3.05) is 27.9 Å². The van der Waals surface area contributed by atoms with Crippen molar-refractivity contribution in [1.29, 1.82) is 0 Å². The molecular formula is C34H35FN2O5. The highest BCUT2D eigenvalue weighted by Crippen LogP contribution is 2.29. The second kappa shape index (κ2) is 14.7. The molecule has 1 unspecified atom stereocenters. The normalized spacial score (nSPS) is 11.3. The maximum atomic E-state index is 14.0. The number of nitrogens with one attached hydrogen (secondary N) is 1. The van der Waals surface area contributed by atoms with Gasteiger partial charge in [-0.2, -0.15) is 0 Å². The van der Waals surface area contributed by atoms with Crippen LogP contribution in [0, 0.1) is 5.82 Å². The molecule has 4 aromatic rings. The molecule has 0 aliphatic rings. The largest absolute Gasteiger partial charge is 0.497 e. The molecule has 0 aliphatic carbocycles. The van der Waals surface area contributed by atoms with Gasteiger partial charge in [-0.1, -0.05) is 60.7 Å². The quantitative estimate of drug-likeness (QED) is 0.229. The molecule has 7 nitrogen and oxygen atoms in total. The summed E-state index contributed by atoms with van der Waals surface area (Å²) in [5, 5.41) is 3.03. The number of rotatable bonds is 13. The van der Waals surface area contributed by atoms with E-state index in [9.17, 15) is 14.0 Å². The molecule has 1 atom stereocenters. The SMILES string of the molecule is COc1ccc(CCNC(=O)C(c2ccccc2)N(Cc2ccc(F)cc2)C(=O)Cc2ccc(OC)c(OC)c2)cc1. The number of carbonyl (C=O) groups is 2. The Labute approximate surface area is 245 Å². The van der Waals surface area contributed by atoms with Gasteiger partial charge in [0.1, 0.15) is 17.6 Å². The highest BCUT2D eigenvalue weighted by atomic mass is 19.1. The van der Waals surface area contributed by atoms with E-state index in [0.717, 1.165) is 11.3 Å². The van der Waals surface area contributed by atoms with E-state index in [1.54, 1.807) is 49.5 Å². The van der Waals surface area contributed by atoms with Crippen molar-refractivity contribution in [2.45, 2.75) is 25.4 Å². The summed E-state index contributed by atoms with van der Waals surface area (Å²) < 4.78 is 29.7. The van der Waals surface area contributed by atoms with Crippen LogP contribution in [0.15, 0.2) is 97.1 Å². The van der Waals surface area contributed by atoms with Crippen molar-refractivity contribution in [3.05, 3.63) is 125 Å². The van der Waals surface area contributed by atoms with Gasteiger partial charge in [0.2, 0.25) is 11.8 Å². The summed E-state index contributed by atoms with van der Waals surface area (Å²) >= 11 is 0. The number of nitrogens with zero attached hydrogens (tertiary/aromatic N) is 1. The zero-order chi connectivity index (χ0) is 29.9. The third kappa shape index (κ3) is 7.87. The van der Waals surface area contributed by atoms with Crippen LogP contribution >= 0.6 is 0 Å². The second-order valence-electron chi connectivity index (χ2n) is 9.72. The van der Waals surface area contributed by atoms with Crippen molar-refractivity contribution in [2.24, 2.45) is 0 Å². The molecular weight excluding hydrogens is 535 g/mol. The van der Waals surface area contributed by atoms with Gasteiger partial charge in [-0.25, -0.2) is 4.39 Å². The average molecular weight is 571 g/mol. The maximum absolute atomic E-state index is 14.0. The molecule has 0 aliphatic heterocycles. The lowest BCUT2D eigenvalue weighted by atomic mass is 10.0. The van der Waals surface area contributed by atoms with Crippen molar-refractivity contribution >= 4 is 11.8 Å². The van der Waals surface area contributed by atoms with Crippen LogP contribution in [0.25, 0.3) is 0 Å². The fourth-order valence-corrected chi connectivity index (χ4v) is 4.70. The van der Waals surface area contributed by atoms with Crippen LogP contribution in [0.1, 0.15) is 28.3 Å². The molecule has 2 amide bonds. The number of halogens is 1. The molecule has 4 rings (SSSR count). The number of benzene rings is 4. The van der Waals surface area contributed by atoms with Gasteiger partial charge in [0.15, 0.2) is 11.5 Å².